The molecule has 0 saturated carbocycles. The predicted molar refractivity (Wildman–Crippen MR) is 64.6 cm³/mol. The van der Waals surface area contributed by atoms with Crippen LogP contribution in [0.3, 0.4) is 0 Å². The topological polar surface area (TPSA) is 113 Å². The van der Waals surface area contributed by atoms with Crippen LogP contribution in [-0.2, 0) is 0 Å². The average molecular weight is 283 g/mol. The number of aromatic nitrogens is 2. The first-order valence-electron chi connectivity index (χ1n) is 4.84. The number of nitrogens with one attached hydrogen (secondary N) is 2. The Hall–Kier alpha value is -2.62. The summed E-state index contributed by atoms with van der Waals surface area (Å²) in [5, 5.41) is 19.4. The first kappa shape index (κ1) is 12.8. The normalized spacial score (nSPS) is 10.8. The van der Waals surface area contributed by atoms with Crippen LogP contribution in [0.5, 0.6) is 0 Å². The van der Waals surface area contributed by atoms with Crippen LogP contribution in [0.15, 0.2) is 23.4 Å². The number of hydrogen-bond donors (Lipinski definition) is 2. The van der Waals surface area contributed by atoms with Gasteiger partial charge in [0.15, 0.2) is 5.13 Å². The van der Waals surface area contributed by atoms with Crippen molar-refractivity contribution in [2.45, 2.75) is 0 Å². The fourth-order valence-corrected chi connectivity index (χ4v) is 1.80. The van der Waals surface area contributed by atoms with E-state index in [0.29, 0.717) is 4.88 Å². The third-order valence-corrected chi connectivity index (χ3v) is 2.80. The van der Waals surface area contributed by atoms with Crippen LogP contribution in [0.1, 0.15) is 15.4 Å². The lowest BCUT2D eigenvalue weighted by Gasteiger charge is -1.95. The third kappa shape index (κ3) is 2.98. The van der Waals surface area contributed by atoms with Gasteiger partial charge in [0.1, 0.15) is 6.20 Å². The second-order valence-corrected chi connectivity index (χ2v) is 4.29. The zero-order valence-corrected chi connectivity index (χ0v) is 9.98. The van der Waals surface area contributed by atoms with Gasteiger partial charge in [-0.05, 0) is 12.1 Å². The lowest BCUT2D eigenvalue weighted by atomic mass is 10.3. The molecule has 0 spiro atoms. The number of aromatic amines is 1. The standard InChI is InChI=1S/C9H6FN5O3S/c10-7-2-1-5(19-7)3-11-14-9(16)8-6(15(17)18)4-12-13-8/h1-4H,(H,12,13)(H,14,16)/b11-3-. The maximum absolute atomic E-state index is 12.7. The number of hydrogen-bond acceptors (Lipinski definition) is 6. The first-order valence-corrected chi connectivity index (χ1v) is 5.66. The lowest BCUT2D eigenvalue weighted by Crippen LogP contribution is -2.19. The van der Waals surface area contributed by atoms with Gasteiger partial charge in [-0.25, -0.2) is 5.43 Å². The lowest BCUT2D eigenvalue weighted by molar-refractivity contribution is -0.385. The Bertz CT molecular complexity index is 650. The van der Waals surface area contributed by atoms with Crippen molar-refractivity contribution in [3.05, 3.63) is 44.1 Å². The molecule has 19 heavy (non-hydrogen) atoms. The highest BCUT2D eigenvalue weighted by Gasteiger charge is 2.22. The Morgan fingerprint density at radius 1 is 1.63 bits per heavy atom. The quantitative estimate of drug-likeness (QED) is 0.499. The van der Waals surface area contributed by atoms with E-state index in [-0.39, 0.29) is 10.8 Å². The number of nitro groups is 1. The SMILES string of the molecule is O=C(N/N=C\c1ccc(F)s1)c1[nH]ncc1[N+](=O)[O-]. The molecular formula is C9H6FN5O3S. The molecule has 10 heteroatoms. The van der Waals surface area contributed by atoms with Gasteiger partial charge >= 0.3 is 5.69 Å². The van der Waals surface area contributed by atoms with E-state index < -0.39 is 16.5 Å². The summed E-state index contributed by atoms with van der Waals surface area (Å²) >= 11 is 0.849. The minimum atomic E-state index is -0.808. The second-order valence-electron chi connectivity index (χ2n) is 3.23. The van der Waals surface area contributed by atoms with Crippen molar-refractivity contribution < 1.29 is 14.1 Å². The summed E-state index contributed by atoms with van der Waals surface area (Å²) in [4.78, 5) is 21.9. The maximum atomic E-state index is 12.7. The number of carbonyl (C=O) groups excluding carboxylic acids is 1. The van der Waals surface area contributed by atoms with Crippen molar-refractivity contribution in [3.8, 4) is 0 Å². The van der Waals surface area contributed by atoms with Crippen LogP contribution in [-0.4, -0.2) is 27.2 Å². The number of hydrazone groups is 1. The van der Waals surface area contributed by atoms with Crippen LogP contribution in [0.2, 0.25) is 0 Å². The molecule has 0 aliphatic carbocycles. The molecule has 2 rings (SSSR count). The summed E-state index contributed by atoms with van der Waals surface area (Å²) in [6.45, 7) is 0. The molecule has 1 amide bonds. The molecule has 2 heterocycles. The number of H-pyrrole nitrogens is 1. The molecule has 2 aromatic rings. The minimum absolute atomic E-state index is 0.306. The molecule has 0 unspecified atom stereocenters. The largest absolute Gasteiger partial charge is 0.319 e. The van der Waals surface area contributed by atoms with Crippen molar-refractivity contribution in [2.24, 2.45) is 5.10 Å². The Labute approximate surface area is 109 Å². The van der Waals surface area contributed by atoms with Gasteiger partial charge < -0.3 is 0 Å². The average Bonchev–Trinajstić information content (AvgIpc) is 2.97. The van der Waals surface area contributed by atoms with Gasteiger partial charge in [-0.1, -0.05) is 0 Å². The van der Waals surface area contributed by atoms with E-state index >= 15 is 0 Å². The molecule has 0 bridgehead atoms. The zero-order valence-electron chi connectivity index (χ0n) is 9.16. The van der Waals surface area contributed by atoms with Crippen molar-refractivity contribution in [3.63, 3.8) is 0 Å². The number of thiophene rings is 1. The molecule has 0 aliphatic heterocycles. The van der Waals surface area contributed by atoms with E-state index in [0.717, 1.165) is 17.5 Å². The van der Waals surface area contributed by atoms with Crippen LogP contribution in [0.4, 0.5) is 10.1 Å². The van der Waals surface area contributed by atoms with Gasteiger partial charge in [0.25, 0.3) is 5.91 Å². The summed E-state index contributed by atoms with van der Waals surface area (Å²) in [5.74, 6) is -0.808. The van der Waals surface area contributed by atoms with Crippen molar-refractivity contribution in [1.29, 1.82) is 0 Å². The van der Waals surface area contributed by atoms with E-state index in [1.54, 1.807) is 0 Å². The Kier molecular flexibility index (Phi) is 3.61. The molecule has 2 aromatic heterocycles. The first-order chi connectivity index (χ1) is 9.08. The summed E-state index contributed by atoms with van der Waals surface area (Å²) in [5.41, 5.74) is 1.32. The Morgan fingerprint density at radius 3 is 3.05 bits per heavy atom. The molecule has 0 atom stereocenters. The molecule has 0 fully saturated rings. The van der Waals surface area contributed by atoms with Gasteiger partial charge in [0.2, 0.25) is 5.69 Å². The van der Waals surface area contributed by atoms with Crippen molar-refractivity contribution in [1.82, 2.24) is 15.6 Å². The molecule has 98 valence electrons. The number of rotatable bonds is 4. The number of halogens is 1. The molecule has 0 radical (unpaired) electrons. The third-order valence-electron chi connectivity index (χ3n) is 1.99. The second kappa shape index (κ2) is 5.35. The van der Waals surface area contributed by atoms with Crippen LogP contribution in [0.25, 0.3) is 0 Å². The monoisotopic (exact) mass is 283 g/mol. The number of amides is 1. The summed E-state index contributed by atoms with van der Waals surface area (Å²) in [6, 6.07) is 2.74. The molecular weight excluding hydrogens is 277 g/mol. The zero-order chi connectivity index (χ0) is 13.8. The number of nitrogens with zero attached hydrogens (tertiary/aromatic N) is 3. The molecule has 8 nitrogen and oxygen atoms in total. The maximum Gasteiger partial charge on any atom is 0.319 e. The van der Waals surface area contributed by atoms with E-state index in [2.05, 4.69) is 20.7 Å². The Morgan fingerprint density at radius 2 is 2.42 bits per heavy atom. The fraction of sp³-hybridized carbons (Fsp3) is 0. The summed E-state index contributed by atoms with van der Waals surface area (Å²) in [7, 11) is 0. The van der Waals surface area contributed by atoms with Crippen LogP contribution >= 0.6 is 11.3 Å². The summed E-state index contributed by atoms with van der Waals surface area (Å²) < 4.78 is 12.7. The molecule has 0 saturated heterocycles. The van der Waals surface area contributed by atoms with E-state index in [9.17, 15) is 19.3 Å². The smallest absolute Gasteiger partial charge is 0.267 e. The van der Waals surface area contributed by atoms with Crippen molar-refractivity contribution >= 4 is 29.1 Å². The van der Waals surface area contributed by atoms with Crippen LogP contribution in [0, 0.1) is 15.2 Å². The predicted octanol–water partition coefficient (Wildman–Crippen LogP) is 1.28. The van der Waals surface area contributed by atoms with Gasteiger partial charge in [-0.2, -0.15) is 14.6 Å². The van der Waals surface area contributed by atoms with Crippen molar-refractivity contribution in [2.75, 3.05) is 0 Å². The van der Waals surface area contributed by atoms with E-state index in [1.807, 2.05) is 0 Å². The minimum Gasteiger partial charge on any atom is -0.267 e. The van der Waals surface area contributed by atoms with Crippen LogP contribution < -0.4 is 5.43 Å². The van der Waals surface area contributed by atoms with Gasteiger partial charge in [-0.15, -0.1) is 11.3 Å². The highest BCUT2D eigenvalue weighted by Crippen LogP contribution is 2.14. The highest BCUT2D eigenvalue weighted by atomic mass is 32.1. The van der Waals surface area contributed by atoms with Gasteiger partial charge in [0.05, 0.1) is 16.0 Å². The van der Waals surface area contributed by atoms with E-state index in [1.165, 1.54) is 18.3 Å². The van der Waals surface area contributed by atoms with Gasteiger partial charge in [0, 0.05) is 0 Å². The number of carbonyl (C=O) groups is 1. The highest BCUT2D eigenvalue weighted by molar-refractivity contribution is 7.12. The molecule has 0 aromatic carbocycles. The fourth-order valence-electron chi connectivity index (χ4n) is 1.19. The van der Waals surface area contributed by atoms with E-state index in [4.69, 9.17) is 0 Å². The van der Waals surface area contributed by atoms with Gasteiger partial charge in [-0.3, -0.25) is 20.0 Å². The Balaban J connectivity index is 2.03. The molecule has 2 N–H and O–H groups in total. The molecule has 0 aliphatic rings. The summed E-state index contributed by atoms with van der Waals surface area (Å²) in [6.07, 6.45) is 2.15.